The van der Waals surface area contributed by atoms with Crippen LogP contribution in [0.3, 0.4) is 0 Å². The zero-order chi connectivity index (χ0) is 22.2. The molecule has 0 bridgehead atoms. The molecule has 2 aliphatic rings. The molecular weight excluding hydrogens is 412 g/mol. The van der Waals surface area contributed by atoms with E-state index in [1.54, 1.807) is 6.33 Å². The van der Waals surface area contributed by atoms with Crippen LogP contribution in [0.1, 0.15) is 24.1 Å². The number of aromatic nitrogens is 5. The zero-order valence-electron chi connectivity index (χ0n) is 19.1. The third kappa shape index (κ3) is 4.12. The smallest absolute Gasteiger partial charge is 0.158 e. The van der Waals surface area contributed by atoms with Gasteiger partial charge in [0.2, 0.25) is 0 Å². The van der Waals surface area contributed by atoms with E-state index in [2.05, 4.69) is 72.1 Å². The van der Waals surface area contributed by atoms with Gasteiger partial charge in [-0.25, -0.2) is 14.6 Å². The second kappa shape index (κ2) is 8.61. The van der Waals surface area contributed by atoms with Gasteiger partial charge < -0.3 is 14.8 Å². The molecule has 4 aromatic rings. The second-order valence-corrected chi connectivity index (χ2v) is 9.24. The first kappa shape index (κ1) is 20.4. The Morgan fingerprint density at radius 1 is 0.970 bits per heavy atom. The monoisotopic (exact) mass is 442 g/mol. The minimum atomic E-state index is 0.843. The van der Waals surface area contributed by atoms with E-state index in [-0.39, 0.29) is 0 Å². The molecule has 5 heterocycles. The van der Waals surface area contributed by atoms with Crippen LogP contribution in [0, 0.1) is 0 Å². The number of anilines is 2. The van der Waals surface area contributed by atoms with Gasteiger partial charge in [-0.1, -0.05) is 12.1 Å². The molecule has 0 saturated carbocycles. The molecule has 0 aliphatic carbocycles. The molecule has 33 heavy (non-hydrogen) atoms. The van der Waals surface area contributed by atoms with Crippen molar-refractivity contribution < 1.29 is 0 Å². The van der Waals surface area contributed by atoms with Gasteiger partial charge in [-0.2, -0.15) is 5.10 Å². The van der Waals surface area contributed by atoms with Crippen LogP contribution in [0.5, 0.6) is 0 Å². The molecule has 0 radical (unpaired) electrons. The van der Waals surface area contributed by atoms with E-state index in [4.69, 9.17) is 0 Å². The summed E-state index contributed by atoms with van der Waals surface area (Å²) in [6.07, 6.45) is 9.07. The Hall–Kier alpha value is -3.23. The van der Waals surface area contributed by atoms with Gasteiger partial charge in [0.1, 0.15) is 11.8 Å². The number of nitrogens with one attached hydrogen (secondary N) is 1. The Morgan fingerprint density at radius 3 is 2.67 bits per heavy atom. The summed E-state index contributed by atoms with van der Waals surface area (Å²) in [6, 6.07) is 10.9. The van der Waals surface area contributed by atoms with Gasteiger partial charge >= 0.3 is 0 Å². The highest BCUT2D eigenvalue weighted by Crippen LogP contribution is 2.29. The fourth-order valence-electron chi connectivity index (χ4n) is 4.96. The molecule has 8 heteroatoms. The predicted octanol–water partition coefficient (Wildman–Crippen LogP) is 3.44. The van der Waals surface area contributed by atoms with Crippen LogP contribution in [0.25, 0.3) is 16.7 Å². The molecule has 1 aromatic carbocycles. The normalized spacial score (nSPS) is 17.4. The number of hydrogen-bond acceptors (Lipinski definition) is 6. The number of nitrogens with zero attached hydrogens (tertiary/aromatic N) is 7. The predicted molar refractivity (Wildman–Crippen MR) is 130 cm³/mol. The summed E-state index contributed by atoms with van der Waals surface area (Å²) in [6.45, 7) is 6.59. The Kier molecular flexibility index (Phi) is 5.32. The van der Waals surface area contributed by atoms with Crippen LogP contribution in [0.2, 0.25) is 0 Å². The molecular formula is C25H30N8. The summed E-state index contributed by atoms with van der Waals surface area (Å²) < 4.78 is 4.28. The third-order valence-electron chi connectivity index (χ3n) is 6.88. The van der Waals surface area contributed by atoms with Crippen molar-refractivity contribution in [2.24, 2.45) is 0 Å². The van der Waals surface area contributed by atoms with Gasteiger partial charge in [0, 0.05) is 45.0 Å². The minimum Gasteiger partial charge on any atom is -0.340 e. The van der Waals surface area contributed by atoms with E-state index in [0.717, 1.165) is 73.9 Å². The summed E-state index contributed by atoms with van der Waals surface area (Å²) in [5, 5.41) is 8.06. The van der Waals surface area contributed by atoms with Crippen molar-refractivity contribution in [2.45, 2.75) is 32.4 Å². The highest BCUT2D eigenvalue weighted by Gasteiger charge is 2.18. The molecule has 2 aliphatic heterocycles. The Morgan fingerprint density at radius 2 is 1.82 bits per heavy atom. The molecule has 6 rings (SSSR count). The summed E-state index contributed by atoms with van der Waals surface area (Å²) in [7, 11) is 2.19. The fourth-order valence-corrected chi connectivity index (χ4v) is 4.96. The molecule has 8 nitrogen and oxygen atoms in total. The van der Waals surface area contributed by atoms with E-state index in [1.165, 1.54) is 24.1 Å². The Bertz CT molecular complexity index is 1250. The number of piperazine rings is 1. The number of aryl methyl sites for hydroxylation is 2. The van der Waals surface area contributed by atoms with Crippen molar-refractivity contribution in [3.8, 4) is 5.69 Å². The van der Waals surface area contributed by atoms with Crippen molar-refractivity contribution in [3.05, 3.63) is 60.3 Å². The highest BCUT2D eigenvalue weighted by atomic mass is 15.3. The Labute approximate surface area is 193 Å². The van der Waals surface area contributed by atoms with Crippen molar-refractivity contribution in [1.82, 2.24) is 34.1 Å². The van der Waals surface area contributed by atoms with Gasteiger partial charge in [0.15, 0.2) is 5.82 Å². The van der Waals surface area contributed by atoms with Crippen molar-refractivity contribution in [3.63, 3.8) is 0 Å². The standard InChI is InChI=1S/C25H30N8/c1-30-10-12-31(13-11-30)16-19-5-7-21(8-6-19)33-17-20(15-28-33)29-25-24-23(26-18-27-25)14-22-4-2-3-9-32(22)24/h5-8,14-15,17-18H,2-4,9-13,16H2,1H3,(H,26,27,29). The molecule has 3 aromatic heterocycles. The number of benzene rings is 1. The fraction of sp³-hybridized carbons (Fsp3) is 0.400. The van der Waals surface area contributed by atoms with Crippen LogP contribution in [0.15, 0.2) is 49.1 Å². The zero-order valence-corrected chi connectivity index (χ0v) is 19.1. The van der Waals surface area contributed by atoms with E-state index in [9.17, 15) is 0 Å². The lowest BCUT2D eigenvalue weighted by Crippen LogP contribution is -2.43. The van der Waals surface area contributed by atoms with Gasteiger partial charge in [0.05, 0.1) is 29.3 Å². The van der Waals surface area contributed by atoms with Gasteiger partial charge in [-0.15, -0.1) is 0 Å². The first-order chi connectivity index (χ1) is 16.2. The SMILES string of the molecule is CN1CCN(Cc2ccc(-n3cc(Nc4ncnc5cc6n(c45)CCCC6)cn3)cc2)CC1. The lowest BCUT2D eigenvalue weighted by Gasteiger charge is -2.32. The number of rotatable bonds is 5. The third-order valence-corrected chi connectivity index (χ3v) is 6.88. The van der Waals surface area contributed by atoms with Crippen LogP contribution in [-0.2, 0) is 19.5 Å². The summed E-state index contributed by atoms with van der Waals surface area (Å²) >= 11 is 0. The summed E-state index contributed by atoms with van der Waals surface area (Å²) in [5.74, 6) is 0.843. The van der Waals surface area contributed by atoms with Gasteiger partial charge in [-0.3, -0.25) is 4.90 Å². The summed E-state index contributed by atoms with van der Waals surface area (Å²) in [4.78, 5) is 14.0. The van der Waals surface area contributed by atoms with Crippen molar-refractivity contribution in [2.75, 3.05) is 38.5 Å². The first-order valence-corrected chi connectivity index (χ1v) is 11.9. The highest BCUT2D eigenvalue weighted by molar-refractivity contribution is 5.89. The molecule has 1 N–H and O–H groups in total. The van der Waals surface area contributed by atoms with Crippen LogP contribution < -0.4 is 5.32 Å². The minimum absolute atomic E-state index is 0.843. The lowest BCUT2D eigenvalue weighted by atomic mass is 10.1. The molecule has 0 amide bonds. The van der Waals surface area contributed by atoms with E-state index in [0.29, 0.717) is 0 Å². The van der Waals surface area contributed by atoms with E-state index in [1.807, 2.05) is 17.1 Å². The van der Waals surface area contributed by atoms with Crippen molar-refractivity contribution >= 4 is 22.5 Å². The molecule has 0 unspecified atom stereocenters. The maximum Gasteiger partial charge on any atom is 0.158 e. The number of fused-ring (bicyclic) bond motifs is 3. The molecule has 0 atom stereocenters. The van der Waals surface area contributed by atoms with E-state index >= 15 is 0 Å². The van der Waals surface area contributed by atoms with Crippen LogP contribution in [0.4, 0.5) is 11.5 Å². The van der Waals surface area contributed by atoms with Gasteiger partial charge in [-0.05, 0) is 50.1 Å². The molecule has 1 fully saturated rings. The maximum absolute atomic E-state index is 4.58. The van der Waals surface area contributed by atoms with Gasteiger partial charge in [0.25, 0.3) is 0 Å². The lowest BCUT2D eigenvalue weighted by molar-refractivity contribution is 0.148. The molecule has 0 spiro atoms. The first-order valence-electron chi connectivity index (χ1n) is 11.9. The summed E-state index contributed by atoms with van der Waals surface area (Å²) in [5.41, 5.74) is 6.77. The molecule has 170 valence electrons. The molecule has 1 saturated heterocycles. The maximum atomic E-state index is 4.58. The number of hydrogen-bond donors (Lipinski definition) is 1. The quantitative estimate of drug-likeness (QED) is 0.511. The topological polar surface area (TPSA) is 67.0 Å². The Balaban J connectivity index is 1.18. The average Bonchev–Trinajstić information content (AvgIpc) is 3.46. The van der Waals surface area contributed by atoms with Crippen LogP contribution in [-0.4, -0.2) is 67.3 Å². The average molecular weight is 443 g/mol. The number of likely N-dealkylation sites (N-methyl/N-ethyl adjacent to an activating group) is 1. The second-order valence-electron chi connectivity index (χ2n) is 9.24. The van der Waals surface area contributed by atoms with E-state index < -0.39 is 0 Å². The van der Waals surface area contributed by atoms with Crippen molar-refractivity contribution in [1.29, 1.82) is 0 Å². The largest absolute Gasteiger partial charge is 0.340 e. The van der Waals surface area contributed by atoms with Crippen LogP contribution >= 0.6 is 0 Å².